The van der Waals surface area contributed by atoms with Crippen LogP contribution in [-0.4, -0.2) is 55.0 Å². The first-order chi connectivity index (χ1) is 15.6. The second kappa shape index (κ2) is 9.50. The fraction of sp³-hybridized carbons (Fsp3) is 0.458. The molecule has 2 aromatic carbocycles. The highest BCUT2D eigenvalue weighted by Crippen LogP contribution is 2.35. The number of amides is 1. The molecule has 33 heavy (non-hydrogen) atoms. The Morgan fingerprint density at radius 1 is 1.12 bits per heavy atom. The Bertz CT molecular complexity index is 1020. The highest BCUT2D eigenvalue weighted by atomic mass is 35.5. The number of carbonyl (C=O) groups excluding carboxylic acids is 1. The zero-order valence-electron chi connectivity index (χ0n) is 18.3. The van der Waals surface area contributed by atoms with Crippen molar-refractivity contribution in [1.82, 2.24) is 9.80 Å². The van der Waals surface area contributed by atoms with E-state index in [0.29, 0.717) is 19.2 Å². The van der Waals surface area contributed by atoms with Crippen molar-refractivity contribution in [2.45, 2.75) is 19.5 Å². The summed E-state index contributed by atoms with van der Waals surface area (Å²) in [6.07, 6.45) is -3.88. The van der Waals surface area contributed by atoms with Crippen molar-refractivity contribution in [1.29, 1.82) is 0 Å². The Morgan fingerprint density at radius 2 is 1.82 bits per heavy atom. The molecular formula is C24H26ClF4N3O. The Morgan fingerprint density at radius 3 is 2.45 bits per heavy atom. The summed E-state index contributed by atoms with van der Waals surface area (Å²) in [5, 5.41) is 4.10. The van der Waals surface area contributed by atoms with Gasteiger partial charge in [0.05, 0.1) is 11.1 Å². The Balaban J connectivity index is 1.26. The summed E-state index contributed by atoms with van der Waals surface area (Å²) < 4.78 is 53.3. The molecule has 178 valence electrons. The number of fused-ring (bicyclic) bond motifs is 1. The number of aryl methyl sites for hydroxylation is 1. The molecule has 4 nitrogen and oxygen atoms in total. The van der Waals surface area contributed by atoms with Gasteiger partial charge in [-0.25, -0.2) is 4.39 Å². The summed E-state index contributed by atoms with van der Waals surface area (Å²) in [5.41, 5.74) is 0.110. The Kier molecular flexibility index (Phi) is 6.86. The highest BCUT2D eigenvalue weighted by Gasteiger charge is 2.42. The van der Waals surface area contributed by atoms with E-state index >= 15 is 0 Å². The van der Waals surface area contributed by atoms with E-state index in [2.05, 4.69) is 10.2 Å². The molecule has 4 rings (SSSR count). The molecule has 0 aliphatic carbocycles. The van der Waals surface area contributed by atoms with E-state index in [1.165, 1.54) is 4.90 Å². The van der Waals surface area contributed by atoms with E-state index in [4.69, 9.17) is 11.6 Å². The maximum Gasteiger partial charge on any atom is 0.419 e. The average molecular weight is 484 g/mol. The lowest BCUT2D eigenvalue weighted by Gasteiger charge is -2.22. The summed E-state index contributed by atoms with van der Waals surface area (Å²) in [6.45, 7) is 6.22. The average Bonchev–Trinajstić information content (AvgIpc) is 3.31. The SMILES string of the molecule is Cc1ccc(NCCCN2CC3CN(C(=O)c4cccc(C(F)(F)F)c4F)CC3C2)cc1Cl. The summed E-state index contributed by atoms with van der Waals surface area (Å²) in [5.74, 6) is -1.64. The molecule has 0 radical (unpaired) electrons. The lowest BCUT2D eigenvalue weighted by atomic mass is 10.0. The number of alkyl halides is 3. The molecule has 9 heteroatoms. The van der Waals surface area contributed by atoms with Gasteiger partial charge in [0.15, 0.2) is 0 Å². The first kappa shape index (κ1) is 23.8. The number of anilines is 1. The number of rotatable bonds is 6. The van der Waals surface area contributed by atoms with Gasteiger partial charge in [-0.3, -0.25) is 4.79 Å². The third kappa shape index (κ3) is 5.27. The molecule has 2 unspecified atom stereocenters. The highest BCUT2D eigenvalue weighted by molar-refractivity contribution is 6.31. The van der Waals surface area contributed by atoms with Crippen LogP contribution in [0.15, 0.2) is 36.4 Å². The van der Waals surface area contributed by atoms with Crippen molar-refractivity contribution in [3.63, 3.8) is 0 Å². The maximum atomic E-state index is 14.4. The first-order valence-electron chi connectivity index (χ1n) is 11.0. The molecule has 0 spiro atoms. The summed E-state index contributed by atoms with van der Waals surface area (Å²) in [6, 6.07) is 8.75. The minimum atomic E-state index is -4.83. The predicted molar refractivity (Wildman–Crippen MR) is 120 cm³/mol. The molecular weight excluding hydrogens is 458 g/mol. The summed E-state index contributed by atoms with van der Waals surface area (Å²) >= 11 is 6.15. The van der Waals surface area contributed by atoms with Crippen molar-refractivity contribution < 1.29 is 22.4 Å². The number of benzene rings is 2. The van der Waals surface area contributed by atoms with Crippen molar-refractivity contribution in [3.05, 3.63) is 63.9 Å². The number of hydrogen-bond donors (Lipinski definition) is 1. The molecule has 2 heterocycles. The summed E-state index contributed by atoms with van der Waals surface area (Å²) in [4.78, 5) is 16.6. The molecule has 0 aromatic heterocycles. The minimum Gasteiger partial charge on any atom is -0.385 e. The standard InChI is InChI=1S/C24H26ClF4N3O/c1-15-6-7-18(10-21(15)25)30-8-3-9-31-11-16-13-32(14-17(16)12-31)23(33)19-4-2-5-20(22(19)26)24(27,28)29/h2,4-7,10,16-17,30H,3,8-9,11-14H2,1H3. The van der Waals surface area contributed by atoms with Gasteiger partial charge in [-0.1, -0.05) is 23.7 Å². The number of nitrogens with zero attached hydrogens (tertiary/aromatic N) is 2. The minimum absolute atomic E-state index is 0.256. The van der Waals surface area contributed by atoms with Crippen LogP contribution in [0.5, 0.6) is 0 Å². The van der Waals surface area contributed by atoms with Gasteiger partial charge in [-0.2, -0.15) is 13.2 Å². The molecule has 0 bridgehead atoms. The van der Waals surface area contributed by atoms with Crippen LogP contribution in [0.25, 0.3) is 0 Å². The number of hydrogen-bond acceptors (Lipinski definition) is 3. The quantitative estimate of drug-likeness (QED) is 0.446. The van der Waals surface area contributed by atoms with Gasteiger partial charge >= 0.3 is 6.18 Å². The number of halogens is 5. The second-order valence-corrected chi connectivity index (χ2v) is 9.31. The molecule has 2 aromatic rings. The first-order valence-corrected chi connectivity index (χ1v) is 11.4. The largest absolute Gasteiger partial charge is 0.419 e. The normalized spacial score (nSPS) is 20.8. The van der Waals surface area contributed by atoms with Crippen LogP contribution in [0.3, 0.4) is 0 Å². The second-order valence-electron chi connectivity index (χ2n) is 8.90. The zero-order chi connectivity index (χ0) is 23.8. The predicted octanol–water partition coefficient (Wildman–Crippen LogP) is 5.31. The molecule has 2 atom stereocenters. The van der Waals surface area contributed by atoms with E-state index in [-0.39, 0.29) is 11.8 Å². The van der Waals surface area contributed by atoms with E-state index in [0.717, 1.165) is 61.0 Å². The van der Waals surface area contributed by atoms with E-state index in [1.54, 1.807) is 0 Å². The van der Waals surface area contributed by atoms with Gasteiger partial charge in [-0.05, 0) is 61.6 Å². The van der Waals surface area contributed by atoms with Crippen molar-refractivity contribution >= 4 is 23.2 Å². The van der Waals surface area contributed by atoms with Crippen LogP contribution in [0, 0.1) is 24.6 Å². The molecule has 0 saturated carbocycles. The van der Waals surface area contributed by atoms with Crippen molar-refractivity contribution in [2.75, 3.05) is 44.6 Å². The molecule has 1 amide bonds. The third-order valence-electron chi connectivity index (χ3n) is 6.54. The van der Waals surface area contributed by atoms with Crippen LogP contribution >= 0.6 is 11.6 Å². The van der Waals surface area contributed by atoms with Gasteiger partial charge in [0.2, 0.25) is 0 Å². The van der Waals surface area contributed by atoms with E-state index < -0.39 is 29.0 Å². The lowest BCUT2D eigenvalue weighted by Crippen LogP contribution is -2.34. The van der Waals surface area contributed by atoms with Gasteiger partial charge < -0.3 is 15.1 Å². The van der Waals surface area contributed by atoms with Crippen molar-refractivity contribution in [3.8, 4) is 0 Å². The molecule has 2 aliphatic rings. The van der Waals surface area contributed by atoms with E-state index in [9.17, 15) is 22.4 Å². The zero-order valence-corrected chi connectivity index (χ0v) is 19.0. The Hall–Kier alpha value is -2.32. The van der Waals surface area contributed by atoms with Crippen LogP contribution < -0.4 is 5.32 Å². The van der Waals surface area contributed by atoms with Crippen molar-refractivity contribution in [2.24, 2.45) is 11.8 Å². The fourth-order valence-corrected chi connectivity index (χ4v) is 4.94. The Labute approximate surface area is 195 Å². The fourth-order valence-electron chi connectivity index (χ4n) is 4.76. The number of likely N-dealkylation sites (tertiary alicyclic amines) is 2. The molecule has 1 N–H and O–H groups in total. The van der Waals surface area contributed by atoms with Crippen LogP contribution in [0.1, 0.15) is 27.9 Å². The smallest absolute Gasteiger partial charge is 0.385 e. The van der Waals surface area contributed by atoms with Crippen LogP contribution in [-0.2, 0) is 6.18 Å². The molecule has 2 saturated heterocycles. The lowest BCUT2D eigenvalue weighted by molar-refractivity contribution is -0.140. The molecule has 2 fully saturated rings. The maximum absolute atomic E-state index is 14.4. The van der Waals surface area contributed by atoms with Gasteiger partial charge in [-0.15, -0.1) is 0 Å². The summed E-state index contributed by atoms with van der Waals surface area (Å²) in [7, 11) is 0. The number of carbonyl (C=O) groups is 1. The van der Waals surface area contributed by atoms with Crippen LogP contribution in [0.4, 0.5) is 23.2 Å². The van der Waals surface area contributed by atoms with Gasteiger partial charge in [0, 0.05) is 43.4 Å². The van der Waals surface area contributed by atoms with Gasteiger partial charge in [0.1, 0.15) is 5.82 Å². The molecule has 2 aliphatic heterocycles. The topological polar surface area (TPSA) is 35.6 Å². The third-order valence-corrected chi connectivity index (χ3v) is 6.94. The van der Waals surface area contributed by atoms with E-state index in [1.807, 2.05) is 25.1 Å². The number of nitrogens with one attached hydrogen (secondary N) is 1. The van der Waals surface area contributed by atoms with Gasteiger partial charge in [0.25, 0.3) is 5.91 Å². The van der Waals surface area contributed by atoms with Crippen LogP contribution in [0.2, 0.25) is 5.02 Å². The monoisotopic (exact) mass is 483 g/mol.